The second-order valence-electron chi connectivity index (χ2n) is 5.15. The van der Waals surface area contributed by atoms with Crippen LogP contribution in [0.15, 0.2) is 59.5 Å². The van der Waals surface area contributed by atoms with E-state index in [4.69, 9.17) is 0 Å². The van der Waals surface area contributed by atoms with E-state index in [-0.39, 0.29) is 12.6 Å². The highest BCUT2D eigenvalue weighted by molar-refractivity contribution is 7.84. The smallest absolute Gasteiger partial charge is 0.319 e. The monoisotopic (exact) mass is 332 g/mol. The molecule has 0 aliphatic carbocycles. The normalized spacial score (nSPS) is 13.1. The van der Waals surface area contributed by atoms with E-state index in [0.717, 1.165) is 5.56 Å². The van der Waals surface area contributed by atoms with Crippen molar-refractivity contribution >= 4 is 22.5 Å². The van der Waals surface area contributed by atoms with Gasteiger partial charge in [0, 0.05) is 27.6 Å². The molecule has 122 valence electrons. The van der Waals surface area contributed by atoms with Gasteiger partial charge < -0.3 is 15.7 Å². The molecule has 0 spiro atoms. The summed E-state index contributed by atoms with van der Waals surface area (Å²) in [6, 6.07) is 15.7. The third-order valence-electron chi connectivity index (χ3n) is 3.30. The minimum absolute atomic E-state index is 0.151. The molecule has 0 fully saturated rings. The number of rotatable bonds is 6. The molecule has 23 heavy (non-hydrogen) atoms. The van der Waals surface area contributed by atoms with E-state index in [0.29, 0.717) is 17.0 Å². The Morgan fingerprint density at radius 3 is 2.57 bits per heavy atom. The number of hydrogen-bond acceptors (Lipinski definition) is 3. The van der Waals surface area contributed by atoms with E-state index in [1.807, 2.05) is 30.3 Å². The summed E-state index contributed by atoms with van der Waals surface area (Å²) < 4.78 is 11.5. The molecule has 0 bridgehead atoms. The van der Waals surface area contributed by atoms with E-state index in [2.05, 4.69) is 10.6 Å². The van der Waals surface area contributed by atoms with Gasteiger partial charge in [0.1, 0.15) is 0 Å². The second-order valence-corrected chi connectivity index (χ2v) is 6.53. The first kappa shape index (κ1) is 17.2. The van der Waals surface area contributed by atoms with Crippen LogP contribution >= 0.6 is 0 Å². The number of anilines is 1. The number of amides is 2. The van der Waals surface area contributed by atoms with E-state index in [1.165, 1.54) is 0 Å². The highest BCUT2D eigenvalue weighted by atomic mass is 32.2. The van der Waals surface area contributed by atoms with Gasteiger partial charge in [0.05, 0.1) is 12.6 Å². The van der Waals surface area contributed by atoms with Gasteiger partial charge in [0.2, 0.25) is 0 Å². The van der Waals surface area contributed by atoms with Crippen molar-refractivity contribution < 1.29 is 14.1 Å². The van der Waals surface area contributed by atoms with Gasteiger partial charge in [0.15, 0.2) is 0 Å². The maximum Gasteiger partial charge on any atom is 0.319 e. The molecule has 0 saturated carbocycles. The van der Waals surface area contributed by atoms with Gasteiger partial charge in [-0.2, -0.15) is 0 Å². The van der Waals surface area contributed by atoms with Crippen LogP contribution in [0.3, 0.4) is 0 Å². The van der Waals surface area contributed by atoms with E-state index in [1.54, 1.807) is 30.5 Å². The summed E-state index contributed by atoms with van der Waals surface area (Å²) in [5, 5.41) is 14.9. The lowest BCUT2D eigenvalue weighted by Gasteiger charge is -2.17. The van der Waals surface area contributed by atoms with Gasteiger partial charge in [-0.05, 0) is 30.2 Å². The molecule has 2 atom stereocenters. The molecule has 5 nitrogen and oxygen atoms in total. The fraction of sp³-hybridized carbons (Fsp3) is 0.235. The van der Waals surface area contributed by atoms with Crippen LogP contribution in [0.5, 0.6) is 0 Å². The van der Waals surface area contributed by atoms with Gasteiger partial charge in [-0.1, -0.05) is 36.4 Å². The summed E-state index contributed by atoms with van der Waals surface area (Å²) in [4.78, 5) is 12.7. The number of carbonyl (C=O) groups excluding carboxylic acids is 1. The summed E-state index contributed by atoms with van der Waals surface area (Å²) in [6.07, 6.45) is 2.13. The number of carbonyl (C=O) groups is 1. The lowest BCUT2D eigenvalue weighted by Crippen LogP contribution is -2.41. The van der Waals surface area contributed by atoms with Crippen LogP contribution < -0.4 is 10.6 Å². The van der Waals surface area contributed by atoms with Crippen molar-refractivity contribution in [3.63, 3.8) is 0 Å². The van der Waals surface area contributed by atoms with Crippen LogP contribution in [0.2, 0.25) is 0 Å². The van der Waals surface area contributed by atoms with E-state index >= 15 is 0 Å². The predicted octanol–water partition coefficient (Wildman–Crippen LogP) is 2.15. The molecule has 0 aromatic heterocycles. The molecule has 2 aromatic carbocycles. The molecule has 0 aliphatic heterocycles. The predicted molar refractivity (Wildman–Crippen MR) is 91.9 cm³/mol. The summed E-state index contributed by atoms with van der Waals surface area (Å²) in [5.41, 5.74) is 1.60. The molecule has 3 N–H and O–H groups in total. The van der Waals surface area contributed by atoms with Gasteiger partial charge >= 0.3 is 6.03 Å². The Bertz CT molecular complexity index is 677. The average molecular weight is 332 g/mol. The Hall–Kier alpha value is -2.18. The van der Waals surface area contributed by atoms with Crippen LogP contribution in [-0.4, -0.2) is 34.3 Å². The third kappa shape index (κ3) is 5.50. The highest BCUT2D eigenvalue weighted by Crippen LogP contribution is 2.13. The molecular formula is C17H20N2O3S. The summed E-state index contributed by atoms with van der Waals surface area (Å²) >= 11 is 0. The lowest BCUT2D eigenvalue weighted by atomic mass is 10.1. The van der Waals surface area contributed by atoms with Crippen LogP contribution in [0.4, 0.5) is 10.5 Å². The molecule has 2 amide bonds. The quantitative estimate of drug-likeness (QED) is 0.758. The number of nitrogens with one attached hydrogen (secondary N) is 2. The maximum absolute atomic E-state index is 12.0. The van der Waals surface area contributed by atoms with Gasteiger partial charge in [-0.3, -0.25) is 4.21 Å². The van der Waals surface area contributed by atoms with Crippen LogP contribution in [0, 0.1) is 0 Å². The Kier molecular flexibility index (Phi) is 6.31. The van der Waals surface area contributed by atoms with E-state index < -0.39 is 16.8 Å². The first-order valence-electron chi connectivity index (χ1n) is 7.24. The van der Waals surface area contributed by atoms with Crippen molar-refractivity contribution in [2.75, 3.05) is 18.2 Å². The van der Waals surface area contributed by atoms with Crippen LogP contribution in [0.25, 0.3) is 0 Å². The molecule has 0 aliphatic rings. The Labute approximate surface area is 138 Å². The second kappa shape index (κ2) is 8.45. The van der Waals surface area contributed by atoms with Gasteiger partial charge in [0.25, 0.3) is 0 Å². The van der Waals surface area contributed by atoms with Gasteiger partial charge in [-0.25, -0.2) is 4.79 Å². The molecule has 6 heteroatoms. The van der Waals surface area contributed by atoms with Crippen molar-refractivity contribution in [1.82, 2.24) is 5.32 Å². The van der Waals surface area contributed by atoms with Crippen molar-refractivity contribution in [1.29, 1.82) is 0 Å². The average Bonchev–Trinajstić information content (AvgIpc) is 2.55. The highest BCUT2D eigenvalue weighted by Gasteiger charge is 2.12. The lowest BCUT2D eigenvalue weighted by molar-refractivity contribution is 0.224. The fourth-order valence-corrected chi connectivity index (χ4v) is 2.73. The van der Waals surface area contributed by atoms with E-state index in [9.17, 15) is 14.1 Å². The van der Waals surface area contributed by atoms with Crippen molar-refractivity contribution in [2.45, 2.75) is 17.4 Å². The zero-order chi connectivity index (χ0) is 16.7. The number of aliphatic hydroxyl groups excluding tert-OH is 1. The molecule has 2 aromatic rings. The Morgan fingerprint density at radius 2 is 1.91 bits per heavy atom. The standard InChI is InChI=1S/C17H20N2O3S/c1-23(22)16-9-5-8-14(11-16)18-17(21)19-15(12-20)10-13-6-3-2-4-7-13/h2-9,11,15,20H,10,12H2,1H3,(H2,18,19,21)/t15-,23+/m0/s1. The molecule has 0 unspecified atom stereocenters. The molecule has 0 radical (unpaired) electrons. The molecule has 2 rings (SSSR count). The third-order valence-corrected chi connectivity index (χ3v) is 4.22. The zero-order valence-corrected chi connectivity index (χ0v) is 13.7. The number of benzene rings is 2. The van der Waals surface area contributed by atoms with Crippen LogP contribution in [0.1, 0.15) is 5.56 Å². The summed E-state index contributed by atoms with van der Waals surface area (Å²) in [7, 11) is -1.10. The molecule has 0 saturated heterocycles. The van der Waals surface area contributed by atoms with Crippen LogP contribution in [-0.2, 0) is 17.2 Å². The first-order chi connectivity index (χ1) is 11.1. The zero-order valence-electron chi connectivity index (χ0n) is 12.9. The minimum Gasteiger partial charge on any atom is -0.394 e. The topological polar surface area (TPSA) is 78.4 Å². The largest absolute Gasteiger partial charge is 0.394 e. The number of urea groups is 1. The maximum atomic E-state index is 12.0. The molecular weight excluding hydrogens is 312 g/mol. The van der Waals surface area contributed by atoms with Crippen molar-refractivity contribution in [2.24, 2.45) is 0 Å². The van der Waals surface area contributed by atoms with Crippen molar-refractivity contribution in [3.05, 3.63) is 60.2 Å². The molecule has 0 heterocycles. The summed E-state index contributed by atoms with van der Waals surface area (Å²) in [6.45, 7) is -0.151. The Balaban J connectivity index is 1.95. The summed E-state index contributed by atoms with van der Waals surface area (Å²) in [5.74, 6) is 0. The number of hydrogen-bond donors (Lipinski definition) is 3. The van der Waals surface area contributed by atoms with Crippen molar-refractivity contribution in [3.8, 4) is 0 Å². The number of aliphatic hydroxyl groups is 1. The SMILES string of the molecule is C[S@@](=O)c1cccc(NC(=O)N[C@H](CO)Cc2ccccc2)c1. The first-order valence-corrected chi connectivity index (χ1v) is 8.80. The fourth-order valence-electron chi connectivity index (χ4n) is 2.17. The minimum atomic E-state index is -1.10. The van der Waals surface area contributed by atoms with Gasteiger partial charge in [-0.15, -0.1) is 0 Å². The Morgan fingerprint density at radius 1 is 1.17 bits per heavy atom.